The van der Waals surface area contributed by atoms with Crippen LogP contribution in [0.15, 0.2) is 93.6 Å². The van der Waals surface area contributed by atoms with Crippen LogP contribution in [0.2, 0.25) is 0 Å². The maximum Gasteiger partial charge on any atom is 0.270 e. The lowest BCUT2D eigenvalue weighted by Gasteiger charge is -2.10. The van der Waals surface area contributed by atoms with Gasteiger partial charge in [-0.1, -0.05) is 70.2 Å². The average molecular weight is 537 g/mol. The number of benzene rings is 3. The van der Waals surface area contributed by atoms with Gasteiger partial charge in [-0.2, -0.15) is 5.10 Å². The summed E-state index contributed by atoms with van der Waals surface area (Å²) in [5.74, 6) is 0.354. The van der Waals surface area contributed by atoms with Crippen molar-refractivity contribution in [3.05, 3.63) is 99.0 Å². The highest BCUT2D eigenvalue weighted by molar-refractivity contribution is 9.10. The Morgan fingerprint density at radius 3 is 2.65 bits per heavy atom. The molecule has 9 nitrogen and oxygen atoms in total. The van der Waals surface area contributed by atoms with Gasteiger partial charge in [-0.15, -0.1) is 10.2 Å². The van der Waals surface area contributed by atoms with E-state index in [-0.39, 0.29) is 17.3 Å². The molecule has 0 aliphatic carbocycles. The van der Waals surface area contributed by atoms with Crippen LogP contribution in [0.4, 0.5) is 5.69 Å². The maximum absolute atomic E-state index is 12.3. The number of thioether (sulfide) groups is 1. The molecule has 1 aromatic heterocycles. The Hall–Kier alpha value is -3.83. The number of non-ortho nitro benzene ring substituents is 1. The quantitative estimate of drug-likeness (QED) is 0.149. The van der Waals surface area contributed by atoms with E-state index in [4.69, 9.17) is 0 Å². The van der Waals surface area contributed by atoms with Crippen molar-refractivity contribution in [1.29, 1.82) is 0 Å². The van der Waals surface area contributed by atoms with E-state index in [1.54, 1.807) is 12.1 Å². The summed E-state index contributed by atoms with van der Waals surface area (Å²) in [5.41, 5.74) is 4.63. The lowest BCUT2D eigenvalue weighted by molar-refractivity contribution is -0.384. The zero-order chi connectivity index (χ0) is 23.9. The number of nitro benzene ring substituents is 1. The SMILES string of the molecule is O=C(CSc1nnc(-c2cccc(Br)c2)n1-c1ccccc1)N/N=C\c1cccc([N+](=O)[O-])c1. The second kappa shape index (κ2) is 10.9. The minimum absolute atomic E-state index is 0.0488. The Morgan fingerprint density at radius 1 is 1.09 bits per heavy atom. The van der Waals surface area contributed by atoms with Gasteiger partial charge in [-0.3, -0.25) is 19.5 Å². The number of hydrogen-bond acceptors (Lipinski definition) is 7. The van der Waals surface area contributed by atoms with Gasteiger partial charge in [0.05, 0.1) is 16.9 Å². The normalized spacial score (nSPS) is 11.0. The van der Waals surface area contributed by atoms with Crippen molar-refractivity contribution in [2.24, 2.45) is 5.10 Å². The van der Waals surface area contributed by atoms with Gasteiger partial charge in [0.1, 0.15) is 0 Å². The maximum atomic E-state index is 12.3. The van der Waals surface area contributed by atoms with Crippen LogP contribution < -0.4 is 5.43 Å². The lowest BCUT2D eigenvalue weighted by atomic mass is 10.2. The third-order valence-electron chi connectivity index (χ3n) is 4.55. The fourth-order valence-electron chi connectivity index (χ4n) is 3.05. The highest BCUT2D eigenvalue weighted by atomic mass is 79.9. The van der Waals surface area contributed by atoms with Gasteiger partial charge in [-0.25, -0.2) is 5.43 Å². The molecule has 3 aromatic carbocycles. The molecular formula is C23H17BrN6O3S. The number of amides is 1. The van der Waals surface area contributed by atoms with Crippen LogP contribution in [0.3, 0.4) is 0 Å². The first-order valence-corrected chi connectivity index (χ1v) is 11.7. The molecule has 0 radical (unpaired) electrons. The Balaban J connectivity index is 1.48. The number of halogens is 1. The van der Waals surface area contributed by atoms with E-state index in [0.29, 0.717) is 16.5 Å². The number of carbonyl (C=O) groups is 1. The van der Waals surface area contributed by atoms with Crippen LogP contribution in [-0.2, 0) is 4.79 Å². The van der Waals surface area contributed by atoms with Gasteiger partial charge < -0.3 is 0 Å². The molecule has 4 rings (SSSR count). The first-order valence-electron chi connectivity index (χ1n) is 9.97. The molecule has 0 saturated heterocycles. The molecule has 0 spiro atoms. The summed E-state index contributed by atoms with van der Waals surface area (Å²) in [6.45, 7) is 0. The summed E-state index contributed by atoms with van der Waals surface area (Å²) in [5, 5.41) is 24.0. The molecule has 0 unspecified atom stereocenters. The Kier molecular flexibility index (Phi) is 7.45. The van der Waals surface area contributed by atoms with Gasteiger partial charge >= 0.3 is 0 Å². The van der Waals surface area contributed by atoms with Gasteiger partial charge in [0.25, 0.3) is 11.6 Å². The summed E-state index contributed by atoms with van der Waals surface area (Å²) in [4.78, 5) is 22.7. The zero-order valence-corrected chi connectivity index (χ0v) is 19.9. The standard InChI is InChI=1S/C23H17BrN6O3S/c24-18-8-5-7-17(13-18)22-27-28-23(29(22)19-9-2-1-3-10-19)34-15-21(31)26-25-14-16-6-4-11-20(12-16)30(32)33/h1-14H,15H2,(H,26,31)/b25-14-. The van der Waals surface area contributed by atoms with Crippen LogP contribution in [0.25, 0.3) is 17.1 Å². The second-order valence-corrected chi connectivity index (χ2v) is 8.78. The number of nitrogens with zero attached hydrogens (tertiary/aromatic N) is 5. The summed E-state index contributed by atoms with van der Waals surface area (Å²) in [7, 11) is 0. The molecule has 0 aliphatic heterocycles. The van der Waals surface area contributed by atoms with Gasteiger partial charge in [0, 0.05) is 33.4 Å². The second-order valence-electron chi connectivity index (χ2n) is 6.92. The molecule has 1 amide bonds. The van der Waals surface area contributed by atoms with Crippen LogP contribution in [0.5, 0.6) is 0 Å². The third-order valence-corrected chi connectivity index (χ3v) is 5.97. The van der Waals surface area contributed by atoms with Crippen molar-refractivity contribution < 1.29 is 9.72 Å². The number of rotatable bonds is 8. The smallest absolute Gasteiger partial charge is 0.270 e. The average Bonchev–Trinajstić information content (AvgIpc) is 3.27. The van der Waals surface area contributed by atoms with Gasteiger partial charge in [0.15, 0.2) is 11.0 Å². The number of aromatic nitrogens is 3. The van der Waals surface area contributed by atoms with E-state index in [1.807, 2.05) is 59.2 Å². The van der Waals surface area contributed by atoms with Crippen LogP contribution >= 0.6 is 27.7 Å². The van der Waals surface area contributed by atoms with E-state index >= 15 is 0 Å². The Bertz CT molecular complexity index is 1360. The molecular weight excluding hydrogens is 520 g/mol. The molecule has 1 heterocycles. The van der Waals surface area contributed by atoms with E-state index in [1.165, 1.54) is 30.1 Å². The van der Waals surface area contributed by atoms with Crippen LogP contribution in [0, 0.1) is 10.1 Å². The van der Waals surface area contributed by atoms with Crippen molar-refractivity contribution in [1.82, 2.24) is 20.2 Å². The monoisotopic (exact) mass is 536 g/mol. The lowest BCUT2D eigenvalue weighted by Crippen LogP contribution is -2.20. The van der Waals surface area contributed by atoms with Crippen molar-refractivity contribution in [3.8, 4) is 17.1 Å². The van der Waals surface area contributed by atoms with Crippen LogP contribution in [0.1, 0.15) is 5.56 Å². The molecule has 0 aliphatic rings. The van der Waals surface area contributed by atoms with E-state index in [0.717, 1.165) is 15.7 Å². The summed E-state index contributed by atoms with van der Waals surface area (Å²) < 4.78 is 2.81. The minimum atomic E-state index is -0.488. The number of hydrogen-bond donors (Lipinski definition) is 1. The van der Waals surface area contributed by atoms with Gasteiger partial charge in [0.2, 0.25) is 0 Å². The summed E-state index contributed by atoms with van der Waals surface area (Å²) in [6.07, 6.45) is 1.35. The first-order chi connectivity index (χ1) is 16.5. The van der Waals surface area contributed by atoms with Crippen molar-refractivity contribution >= 4 is 45.5 Å². The number of hydrazone groups is 1. The van der Waals surface area contributed by atoms with Crippen molar-refractivity contribution in [2.45, 2.75) is 5.16 Å². The van der Waals surface area contributed by atoms with Crippen molar-refractivity contribution in [3.63, 3.8) is 0 Å². The van der Waals surface area contributed by atoms with Crippen LogP contribution in [-0.4, -0.2) is 37.6 Å². The number of nitro groups is 1. The molecule has 34 heavy (non-hydrogen) atoms. The molecule has 0 saturated carbocycles. The van der Waals surface area contributed by atoms with E-state index < -0.39 is 4.92 Å². The van der Waals surface area contributed by atoms with E-state index in [9.17, 15) is 14.9 Å². The Morgan fingerprint density at radius 2 is 1.88 bits per heavy atom. The van der Waals surface area contributed by atoms with E-state index in [2.05, 4.69) is 36.7 Å². The largest absolute Gasteiger partial charge is 0.272 e. The number of carbonyl (C=O) groups excluding carboxylic acids is 1. The number of nitrogens with one attached hydrogen (secondary N) is 1. The summed E-state index contributed by atoms with van der Waals surface area (Å²) >= 11 is 4.71. The molecule has 0 bridgehead atoms. The zero-order valence-electron chi connectivity index (χ0n) is 17.5. The topological polar surface area (TPSA) is 115 Å². The van der Waals surface area contributed by atoms with Crippen molar-refractivity contribution in [2.75, 3.05) is 5.75 Å². The Labute approximate surface area is 207 Å². The first kappa shape index (κ1) is 23.3. The number of para-hydroxylation sites is 1. The molecule has 1 N–H and O–H groups in total. The predicted molar refractivity (Wildman–Crippen MR) is 134 cm³/mol. The predicted octanol–water partition coefficient (Wildman–Crippen LogP) is 4.85. The third kappa shape index (κ3) is 5.74. The van der Waals surface area contributed by atoms with Gasteiger partial charge in [-0.05, 0) is 24.3 Å². The summed E-state index contributed by atoms with van der Waals surface area (Å²) in [6, 6.07) is 23.4. The fourth-order valence-corrected chi connectivity index (χ4v) is 4.19. The molecule has 170 valence electrons. The highest BCUT2D eigenvalue weighted by Gasteiger charge is 2.17. The molecule has 0 fully saturated rings. The molecule has 0 atom stereocenters. The highest BCUT2D eigenvalue weighted by Crippen LogP contribution is 2.29. The fraction of sp³-hybridized carbons (Fsp3) is 0.0435. The molecule has 4 aromatic rings. The molecule has 11 heteroatoms. The minimum Gasteiger partial charge on any atom is -0.272 e.